The highest BCUT2D eigenvalue weighted by molar-refractivity contribution is 7.99. The Hall–Kier alpha value is -1.56. The number of nitrogens with one attached hydrogen (secondary N) is 1. The van der Waals surface area contributed by atoms with Crippen LogP contribution in [0.3, 0.4) is 0 Å². The average molecular weight is 323 g/mol. The normalized spacial score (nSPS) is 10.6. The van der Waals surface area contributed by atoms with Crippen LogP contribution in [0.4, 0.5) is 5.69 Å². The van der Waals surface area contributed by atoms with E-state index in [1.165, 1.54) is 12.1 Å². The summed E-state index contributed by atoms with van der Waals surface area (Å²) in [6.07, 6.45) is 0. The molecule has 21 heavy (non-hydrogen) atoms. The second-order valence-electron chi connectivity index (χ2n) is 4.35. The molecule has 4 nitrogen and oxygen atoms in total. The second kappa shape index (κ2) is 7.45. The third-order valence-corrected chi connectivity index (χ3v) is 4.37. The van der Waals surface area contributed by atoms with E-state index in [2.05, 4.69) is 5.32 Å². The molecule has 110 valence electrons. The van der Waals surface area contributed by atoms with E-state index in [0.717, 1.165) is 26.9 Å². The Morgan fingerprint density at radius 3 is 2.57 bits per heavy atom. The molecule has 0 radical (unpaired) electrons. The van der Waals surface area contributed by atoms with E-state index in [4.69, 9.17) is 11.6 Å². The van der Waals surface area contributed by atoms with Crippen LogP contribution in [0.1, 0.15) is 12.5 Å². The van der Waals surface area contributed by atoms with Crippen LogP contribution in [-0.2, 0) is 6.54 Å². The van der Waals surface area contributed by atoms with Gasteiger partial charge in [0.2, 0.25) is 0 Å². The molecule has 2 aromatic rings. The molecule has 6 heteroatoms. The van der Waals surface area contributed by atoms with Crippen LogP contribution in [0.5, 0.6) is 0 Å². The van der Waals surface area contributed by atoms with Crippen LogP contribution in [0.25, 0.3) is 0 Å². The zero-order valence-corrected chi connectivity index (χ0v) is 13.1. The molecule has 2 aromatic carbocycles. The monoisotopic (exact) mass is 322 g/mol. The van der Waals surface area contributed by atoms with Gasteiger partial charge >= 0.3 is 0 Å². The number of nitrogens with zero attached hydrogens (tertiary/aromatic N) is 1. The average Bonchev–Trinajstić information content (AvgIpc) is 2.47. The van der Waals surface area contributed by atoms with Crippen LogP contribution >= 0.6 is 23.4 Å². The lowest BCUT2D eigenvalue weighted by Crippen LogP contribution is -2.12. The Morgan fingerprint density at radius 2 is 1.95 bits per heavy atom. The first-order chi connectivity index (χ1) is 10.1. The number of halogens is 1. The van der Waals surface area contributed by atoms with Crippen molar-refractivity contribution in [2.45, 2.75) is 23.3 Å². The fraction of sp³-hybridized carbons (Fsp3) is 0.200. The van der Waals surface area contributed by atoms with Crippen molar-refractivity contribution in [1.82, 2.24) is 5.32 Å². The lowest BCUT2D eigenvalue weighted by atomic mass is 10.2. The lowest BCUT2D eigenvalue weighted by Gasteiger charge is -2.11. The van der Waals surface area contributed by atoms with Crippen molar-refractivity contribution in [2.24, 2.45) is 0 Å². The number of hydrogen-bond acceptors (Lipinski definition) is 4. The summed E-state index contributed by atoms with van der Waals surface area (Å²) >= 11 is 7.81. The van der Waals surface area contributed by atoms with Crippen molar-refractivity contribution in [3.63, 3.8) is 0 Å². The summed E-state index contributed by atoms with van der Waals surface area (Å²) in [6, 6.07) is 12.3. The molecule has 0 aliphatic carbocycles. The standard InChI is InChI=1S/C15H15ClN2O2S/c1-2-17-10-13-14(16)4-3-5-15(13)21-12-8-6-11(7-9-12)18(19)20/h3-9,17H,2,10H2,1H3. The van der Waals surface area contributed by atoms with Crippen molar-refractivity contribution in [3.05, 3.63) is 63.2 Å². The Labute approximate surface area is 132 Å². The Bertz CT molecular complexity index is 632. The molecule has 0 aromatic heterocycles. The highest BCUT2D eigenvalue weighted by Gasteiger charge is 2.09. The Kier molecular flexibility index (Phi) is 5.61. The van der Waals surface area contributed by atoms with Gasteiger partial charge in [0.05, 0.1) is 4.92 Å². The summed E-state index contributed by atoms with van der Waals surface area (Å²) in [7, 11) is 0. The van der Waals surface area contributed by atoms with Gasteiger partial charge in [0.15, 0.2) is 0 Å². The predicted molar refractivity (Wildman–Crippen MR) is 86.1 cm³/mol. The Morgan fingerprint density at radius 1 is 1.24 bits per heavy atom. The molecule has 0 fully saturated rings. The van der Waals surface area contributed by atoms with Gasteiger partial charge in [-0.1, -0.05) is 36.4 Å². The molecule has 0 saturated heterocycles. The summed E-state index contributed by atoms with van der Waals surface area (Å²) < 4.78 is 0. The van der Waals surface area contributed by atoms with Crippen molar-refractivity contribution in [2.75, 3.05) is 6.54 Å². The molecule has 0 saturated carbocycles. The van der Waals surface area contributed by atoms with Crippen LogP contribution < -0.4 is 5.32 Å². The molecule has 0 aliphatic rings. The summed E-state index contributed by atoms with van der Waals surface area (Å²) in [5, 5.41) is 14.7. The summed E-state index contributed by atoms with van der Waals surface area (Å²) in [4.78, 5) is 12.3. The van der Waals surface area contributed by atoms with Gasteiger partial charge in [0.1, 0.15) is 0 Å². The molecule has 0 amide bonds. The van der Waals surface area contributed by atoms with E-state index in [9.17, 15) is 10.1 Å². The zero-order valence-electron chi connectivity index (χ0n) is 11.5. The predicted octanol–water partition coefficient (Wildman–Crippen LogP) is 4.51. The van der Waals surface area contributed by atoms with Gasteiger partial charge in [-0.05, 0) is 36.4 Å². The van der Waals surface area contributed by atoms with Gasteiger partial charge in [-0.15, -0.1) is 0 Å². The van der Waals surface area contributed by atoms with E-state index < -0.39 is 4.92 Å². The molecule has 0 unspecified atom stereocenters. The largest absolute Gasteiger partial charge is 0.313 e. The number of benzene rings is 2. The molecule has 0 bridgehead atoms. The smallest absolute Gasteiger partial charge is 0.269 e. The fourth-order valence-corrected chi connectivity index (χ4v) is 3.09. The highest BCUT2D eigenvalue weighted by atomic mass is 35.5. The SMILES string of the molecule is CCNCc1c(Cl)cccc1Sc1ccc([N+](=O)[O-])cc1. The number of hydrogen-bond donors (Lipinski definition) is 1. The molecule has 0 spiro atoms. The van der Waals surface area contributed by atoms with E-state index in [-0.39, 0.29) is 5.69 Å². The molecule has 2 rings (SSSR count). The highest BCUT2D eigenvalue weighted by Crippen LogP contribution is 2.34. The number of non-ortho nitro benzene ring substituents is 1. The minimum Gasteiger partial charge on any atom is -0.313 e. The third-order valence-electron chi connectivity index (χ3n) is 2.90. The van der Waals surface area contributed by atoms with Gasteiger partial charge in [-0.2, -0.15) is 0 Å². The molecule has 0 atom stereocenters. The first kappa shape index (κ1) is 15.8. The molecular formula is C15H15ClN2O2S. The topological polar surface area (TPSA) is 55.2 Å². The van der Waals surface area contributed by atoms with Crippen LogP contribution in [0.2, 0.25) is 5.02 Å². The summed E-state index contributed by atoms with van der Waals surface area (Å²) in [5.41, 5.74) is 1.14. The summed E-state index contributed by atoms with van der Waals surface area (Å²) in [5.74, 6) is 0. The lowest BCUT2D eigenvalue weighted by molar-refractivity contribution is -0.384. The van der Waals surface area contributed by atoms with Gasteiger partial charge in [-0.3, -0.25) is 10.1 Å². The maximum atomic E-state index is 10.7. The first-order valence-electron chi connectivity index (χ1n) is 6.52. The quantitative estimate of drug-likeness (QED) is 0.628. The summed E-state index contributed by atoms with van der Waals surface area (Å²) in [6.45, 7) is 3.61. The fourth-order valence-electron chi connectivity index (χ4n) is 1.82. The maximum Gasteiger partial charge on any atom is 0.269 e. The van der Waals surface area contributed by atoms with Crippen molar-refractivity contribution >= 4 is 29.1 Å². The minimum absolute atomic E-state index is 0.0957. The van der Waals surface area contributed by atoms with Crippen molar-refractivity contribution < 1.29 is 4.92 Å². The van der Waals surface area contributed by atoms with E-state index in [1.54, 1.807) is 23.9 Å². The molecule has 1 N–H and O–H groups in total. The molecular weight excluding hydrogens is 308 g/mol. The zero-order chi connectivity index (χ0) is 15.2. The second-order valence-corrected chi connectivity index (χ2v) is 5.87. The van der Waals surface area contributed by atoms with E-state index in [1.807, 2.05) is 25.1 Å². The number of rotatable bonds is 6. The van der Waals surface area contributed by atoms with Crippen molar-refractivity contribution in [1.29, 1.82) is 0 Å². The molecule has 0 heterocycles. The first-order valence-corrected chi connectivity index (χ1v) is 7.71. The van der Waals surface area contributed by atoms with Gasteiger partial charge < -0.3 is 5.32 Å². The maximum absolute atomic E-state index is 10.7. The number of nitro groups is 1. The van der Waals surface area contributed by atoms with Gasteiger partial charge in [0.25, 0.3) is 5.69 Å². The Balaban J connectivity index is 2.22. The van der Waals surface area contributed by atoms with Crippen LogP contribution in [0.15, 0.2) is 52.3 Å². The van der Waals surface area contributed by atoms with Crippen molar-refractivity contribution in [3.8, 4) is 0 Å². The minimum atomic E-state index is -0.398. The van der Waals surface area contributed by atoms with Gasteiger partial charge in [0, 0.05) is 33.5 Å². The third kappa shape index (κ3) is 4.20. The van der Waals surface area contributed by atoms with Crippen LogP contribution in [0, 0.1) is 10.1 Å². The van der Waals surface area contributed by atoms with E-state index >= 15 is 0 Å². The van der Waals surface area contributed by atoms with Crippen LogP contribution in [-0.4, -0.2) is 11.5 Å². The molecule has 0 aliphatic heterocycles. The van der Waals surface area contributed by atoms with Gasteiger partial charge in [-0.25, -0.2) is 0 Å². The van der Waals surface area contributed by atoms with E-state index in [0.29, 0.717) is 6.54 Å². The number of nitro benzene ring substituents is 1.